The SMILES string of the molecule is CC.CC.COCC1OCC(N2CCC(C)CC2)CO1. The number of rotatable bonds is 3. The highest BCUT2D eigenvalue weighted by atomic mass is 16.7. The summed E-state index contributed by atoms with van der Waals surface area (Å²) in [4.78, 5) is 2.50. The van der Waals surface area contributed by atoms with Gasteiger partial charge in [-0.2, -0.15) is 0 Å². The van der Waals surface area contributed by atoms with Gasteiger partial charge in [0.25, 0.3) is 0 Å². The predicted molar refractivity (Wildman–Crippen MR) is 84.0 cm³/mol. The fourth-order valence-electron chi connectivity index (χ4n) is 2.37. The van der Waals surface area contributed by atoms with E-state index in [9.17, 15) is 0 Å². The van der Waals surface area contributed by atoms with Gasteiger partial charge >= 0.3 is 0 Å². The van der Waals surface area contributed by atoms with Crippen molar-refractivity contribution >= 4 is 0 Å². The number of hydrogen-bond acceptors (Lipinski definition) is 4. The molecular weight excluding hydrogens is 254 g/mol. The Kier molecular flexibility index (Phi) is 12.5. The van der Waals surface area contributed by atoms with Crippen LogP contribution in [0.4, 0.5) is 0 Å². The molecule has 0 aromatic heterocycles. The average molecular weight is 289 g/mol. The first-order chi connectivity index (χ1) is 9.79. The minimum absolute atomic E-state index is 0.162. The van der Waals surface area contributed by atoms with Crippen LogP contribution in [0.3, 0.4) is 0 Å². The summed E-state index contributed by atoms with van der Waals surface area (Å²) >= 11 is 0. The Balaban J connectivity index is 0.000000829. The molecule has 0 aromatic carbocycles. The van der Waals surface area contributed by atoms with Gasteiger partial charge in [0, 0.05) is 7.11 Å². The lowest BCUT2D eigenvalue weighted by atomic mass is 9.98. The van der Waals surface area contributed by atoms with Crippen LogP contribution in [-0.4, -0.2) is 57.3 Å². The maximum atomic E-state index is 5.62. The zero-order chi connectivity index (χ0) is 15.4. The number of piperidine rings is 1. The second-order valence-electron chi connectivity index (χ2n) is 4.92. The first-order valence-corrected chi connectivity index (χ1v) is 8.25. The molecule has 0 N–H and O–H groups in total. The van der Waals surface area contributed by atoms with E-state index in [0.717, 1.165) is 19.1 Å². The number of hydrogen-bond donors (Lipinski definition) is 0. The van der Waals surface area contributed by atoms with Gasteiger partial charge in [-0.3, -0.25) is 4.90 Å². The second-order valence-corrected chi connectivity index (χ2v) is 4.92. The monoisotopic (exact) mass is 289 g/mol. The van der Waals surface area contributed by atoms with Gasteiger partial charge in [0.05, 0.1) is 25.9 Å². The third-order valence-electron chi connectivity index (χ3n) is 3.59. The predicted octanol–water partition coefficient (Wildman–Crippen LogP) is 3.16. The molecule has 0 aliphatic carbocycles. The normalized spacial score (nSPS) is 27.9. The van der Waals surface area contributed by atoms with Crippen LogP contribution >= 0.6 is 0 Å². The summed E-state index contributed by atoms with van der Waals surface area (Å²) in [7, 11) is 1.67. The molecule has 20 heavy (non-hydrogen) atoms. The Morgan fingerprint density at radius 3 is 1.95 bits per heavy atom. The van der Waals surface area contributed by atoms with Crippen molar-refractivity contribution in [2.24, 2.45) is 5.92 Å². The molecule has 0 unspecified atom stereocenters. The number of nitrogens with zero attached hydrogens (tertiary/aromatic N) is 1. The summed E-state index contributed by atoms with van der Waals surface area (Å²) in [6, 6.07) is 0.445. The molecule has 0 aromatic rings. The molecule has 2 heterocycles. The van der Waals surface area contributed by atoms with Gasteiger partial charge in [0.2, 0.25) is 0 Å². The van der Waals surface area contributed by atoms with E-state index in [1.54, 1.807) is 7.11 Å². The minimum atomic E-state index is -0.162. The van der Waals surface area contributed by atoms with Crippen LogP contribution in [-0.2, 0) is 14.2 Å². The van der Waals surface area contributed by atoms with E-state index < -0.39 is 0 Å². The fourth-order valence-corrected chi connectivity index (χ4v) is 2.37. The van der Waals surface area contributed by atoms with Crippen molar-refractivity contribution in [3.8, 4) is 0 Å². The molecule has 0 bridgehead atoms. The van der Waals surface area contributed by atoms with Crippen molar-refractivity contribution < 1.29 is 14.2 Å². The van der Waals surface area contributed by atoms with Gasteiger partial charge < -0.3 is 14.2 Å². The standard InChI is InChI=1S/C12H23NO3.2C2H6/c1-10-3-5-13(6-4-10)11-7-15-12(9-14-2)16-8-11;2*1-2/h10-12H,3-9H2,1-2H3;2*1-2H3. The maximum Gasteiger partial charge on any atom is 0.180 e. The molecule has 2 aliphatic heterocycles. The highest BCUT2D eigenvalue weighted by molar-refractivity contribution is 4.78. The number of methoxy groups -OCH3 is 1. The van der Waals surface area contributed by atoms with Crippen LogP contribution in [0.1, 0.15) is 47.5 Å². The largest absolute Gasteiger partial charge is 0.379 e. The molecule has 0 amide bonds. The van der Waals surface area contributed by atoms with Crippen molar-refractivity contribution in [1.82, 2.24) is 4.90 Å². The summed E-state index contributed by atoms with van der Waals surface area (Å²) in [5.41, 5.74) is 0. The first kappa shape index (κ1) is 19.8. The summed E-state index contributed by atoms with van der Waals surface area (Å²) in [5, 5.41) is 0. The van der Waals surface area contributed by atoms with Crippen molar-refractivity contribution in [2.45, 2.75) is 59.8 Å². The summed E-state index contributed by atoms with van der Waals surface area (Å²) in [6.45, 7) is 14.8. The van der Waals surface area contributed by atoms with E-state index in [-0.39, 0.29) is 6.29 Å². The van der Waals surface area contributed by atoms with E-state index >= 15 is 0 Å². The maximum absolute atomic E-state index is 5.62. The summed E-state index contributed by atoms with van der Waals surface area (Å²) in [6.07, 6.45) is 2.45. The molecule has 2 aliphatic rings. The molecule has 122 valence electrons. The van der Waals surface area contributed by atoms with Gasteiger partial charge in [0.1, 0.15) is 0 Å². The third-order valence-corrected chi connectivity index (χ3v) is 3.59. The quantitative estimate of drug-likeness (QED) is 0.798. The molecule has 2 rings (SSSR count). The average Bonchev–Trinajstić information content (AvgIpc) is 2.53. The minimum Gasteiger partial charge on any atom is -0.379 e. The van der Waals surface area contributed by atoms with Crippen LogP contribution in [0.15, 0.2) is 0 Å². The molecule has 4 heteroatoms. The van der Waals surface area contributed by atoms with Crippen molar-refractivity contribution in [2.75, 3.05) is 40.0 Å². The van der Waals surface area contributed by atoms with E-state index in [4.69, 9.17) is 14.2 Å². The van der Waals surface area contributed by atoms with Crippen molar-refractivity contribution in [3.05, 3.63) is 0 Å². The molecule has 4 nitrogen and oxygen atoms in total. The van der Waals surface area contributed by atoms with E-state index in [0.29, 0.717) is 12.6 Å². The van der Waals surface area contributed by atoms with Gasteiger partial charge in [-0.25, -0.2) is 0 Å². The highest BCUT2D eigenvalue weighted by Crippen LogP contribution is 2.20. The first-order valence-electron chi connectivity index (χ1n) is 8.25. The van der Waals surface area contributed by atoms with E-state index in [1.165, 1.54) is 25.9 Å². The molecular formula is C16H35NO3. The molecule has 0 atom stereocenters. The van der Waals surface area contributed by atoms with Crippen LogP contribution < -0.4 is 0 Å². The zero-order valence-electron chi connectivity index (χ0n) is 14.4. The lowest BCUT2D eigenvalue weighted by Gasteiger charge is -2.39. The Hall–Kier alpha value is -0.160. The van der Waals surface area contributed by atoms with Crippen LogP contribution in [0.25, 0.3) is 0 Å². The third kappa shape index (κ3) is 7.02. The smallest absolute Gasteiger partial charge is 0.180 e. The number of likely N-dealkylation sites (tertiary alicyclic amines) is 1. The highest BCUT2D eigenvalue weighted by Gasteiger charge is 2.28. The van der Waals surface area contributed by atoms with Crippen LogP contribution in [0, 0.1) is 5.92 Å². The fraction of sp³-hybridized carbons (Fsp3) is 1.00. The molecule has 2 saturated heterocycles. The zero-order valence-corrected chi connectivity index (χ0v) is 14.4. The van der Waals surface area contributed by atoms with Gasteiger partial charge in [-0.15, -0.1) is 0 Å². The van der Waals surface area contributed by atoms with E-state index in [2.05, 4.69) is 11.8 Å². The summed E-state index contributed by atoms with van der Waals surface area (Å²) in [5.74, 6) is 0.878. The second kappa shape index (κ2) is 12.6. The Morgan fingerprint density at radius 1 is 1.00 bits per heavy atom. The molecule has 0 spiro atoms. The van der Waals surface area contributed by atoms with Crippen LogP contribution in [0.2, 0.25) is 0 Å². The lowest BCUT2D eigenvalue weighted by molar-refractivity contribution is -0.222. The number of ether oxygens (including phenoxy) is 3. The van der Waals surface area contributed by atoms with Crippen molar-refractivity contribution in [3.63, 3.8) is 0 Å². The molecule has 0 saturated carbocycles. The van der Waals surface area contributed by atoms with Gasteiger partial charge in [0.15, 0.2) is 6.29 Å². The van der Waals surface area contributed by atoms with E-state index in [1.807, 2.05) is 27.7 Å². The Bertz CT molecular complexity index is 198. The van der Waals surface area contributed by atoms with Crippen LogP contribution in [0.5, 0.6) is 0 Å². The van der Waals surface area contributed by atoms with Gasteiger partial charge in [-0.1, -0.05) is 34.6 Å². The molecule has 2 fully saturated rings. The summed E-state index contributed by atoms with van der Waals surface area (Å²) < 4.78 is 16.3. The van der Waals surface area contributed by atoms with Gasteiger partial charge in [-0.05, 0) is 31.8 Å². The molecule has 0 radical (unpaired) electrons. The lowest BCUT2D eigenvalue weighted by Crippen LogP contribution is -2.50. The Morgan fingerprint density at radius 2 is 1.50 bits per heavy atom. The van der Waals surface area contributed by atoms with Crippen molar-refractivity contribution in [1.29, 1.82) is 0 Å². The topological polar surface area (TPSA) is 30.9 Å². The Labute approximate surface area is 125 Å².